The number of rotatable bonds is 8. The molecule has 2 aromatic carbocycles. The lowest BCUT2D eigenvalue weighted by atomic mass is 10.2. The summed E-state index contributed by atoms with van der Waals surface area (Å²) in [6.45, 7) is 1.06. The summed E-state index contributed by atoms with van der Waals surface area (Å²) in [4.78, 5) is 44.4. The molecular weight excluding hydrogens is 529 g/mol. The van der Waals surface area contributed by atoms with Gasteiger partial charge in [-0.25, -0.2) is 9.59 Å². The Morgan fingerprint density at radius 3 is 2.51 bits per heavy atom. The van der Waals surface area contributed by atoms with Crippen LogP contribution in [0.25, 0.3) is 10.4 Å². The highest BCUT2D eigenvalue weighted by atomic mass is 32.9. The average Bonchev–Trinajstić information content (AvgIpc) is 3.55. The van der Waals surface area contributed by atoms with E-state index in [9.17, 15) is 14.4 Å². The first-order valence-electron chi connectivity index (χ1n) is 10.5. The first kappa shape index (κ1) is 25.0. The van der Waals surface area contributed by atoms with Crippen LogP contribution in [-0.2, 0) is 9.57 Å². The maximum atomic E-state index is 12.4. The summed E-state index contributed by atoms with van der Waals surface area (Å²) in [5, 5.41) is 0. The SMILES string of the molecule is O=C(Oc1ccc(-c2cc(=S)ss2)cc1)Oc1ccccc1C(=O)OCO/N=[Si](\O)N1CCCC1. The Hall–Kier alpha value is -3.13. The number of benzene rings is 2. The summed E-state index contributed by atoms with van der Waals surface area (Å²) in [7, 11) is 0.951. The van der Waals surface area contributed by atoms with Crippen LogP contribution in [-0.4, -0.2) is 50.4 Å². The molecule has 0 radical (unpaired) electrons. The monoisotopic (exact) mass is 548 g/mol. The van der Waals surface area contributed by atoms with E-state index in [1.165, 1.54) is 22.5 Å². The summed E-state index contributed by atoms with van der Waals surface area (Å²) < 4.78 is 18.1. The lowest BCUT2D eigenvalue weighted by molar-refractivity contribution is -0.0311. The third-order valence-corrected chi connectivity index (χ3v) is 9.10. The van der Waals surface area contributed by atoms with E-state index in [0.717, 1.165) is 40.2 Å². The maximum Gasteiger partial charge on any atom is 0.527 e. The van der Waals surface area contributed by atoms with E-state index in [-0.39, 0.29) is 17.1 Å². The average molecular weight is 549 g/mol. The standard InChI is InChI=1S/C22H20N2O7S3Si/c25-21(28-14-29-23-35(27)24-11-3-4-12-24)17-5-1-2-6-18(17)31-22(26)30-16-9-7-15(8-10-16)19-13-20(32)34-33-19/h1-2,5-10,13,27H,3-4,11-12,14H2/b35-23-. The molecule has 1 aliphatic rings. The van der Waals surface area contributed by atoms with Gasteiger partial charge in [0.2, 0.25) is 0 Å². The summed E-state index contributed by atoms with van der Waals surface area (Å²) in [5.41, 5.74) is 0.969. The van der Waals surface area contributed by atoms with Crippen LogP contribution in [0.1, 0.15) is 23.2 Å². The number of carbonyl (C=O) groups is 2. The summed E-state index contributed by atoms with van der Waals surface area (Å²) >= 11 is 5.15. The van der Waals surface area contributed by atoms with Crippen molar-refractivity contribution in [3.63, 3.8) is 0 Å². The van der Waals surface area contributed by atoms with Gasteiger partial charge in [-0.15, -0.1) is 0 Å². The molecule has 0 amide bonds. The minimum atomic E-state index is -2.14. The van der Waals surface area contributed by atoms with Crippen molar-refractivity contribution in [1.29, 1.82) is 0 Å². The van der Waals surface area contributed by atoms with Crippen molar-refractivity contribution in [2.45, 2.75) is 12.8 Å². The second-order valence-electron chi connectivity index (χ2n) is 7.23. The van der Waals surface area contributed by atoms with Gasteiger partial charge in [0.1, 0.15) is 20.9 Å². The van der Waals surface area contributed by atoms with Crippen LogP contribution in [0.2, 0.25) is 0 Å². The van der Waals surface area contributed by atoms with Crippen LogP contribution in [0.5, 0.6) is 11.5 Å². The largest absolute Gasteiger partial charge is 0.537 e. The van der Waals surface area contributed by atoms with Gasteiger partial charge in [-0.05, 0) is 60.9 Å². The molecule has 0 atom stereocenters. The van der Waals surface area contributed by atoms with Crippen LogP contribution in [0, 0.1) is 3.82 Å². The molecule has 3 aromatic rings. The minimum absolute atomic E-state index is 0.0103. The van der Waals surface area contributed by atoms with Crippen LogP contribution in [0.3, 0.4) is 0 Å². The van der Waals surface area contributed by atoms with Crippen LogP contribution in [0.4, 0.5) is 4.79 Å². The fourth-order valence-corrected chi connectivity index (χ4v) is 6.61. The van der Waals surface area contributed by atoms with Gasteiger partial charge in [0.05, 0.1) is 0 Å². The number of para-hydroxylation sites is 1. The third-order valence-electron chi connectivity index (χ3n) is 4.88. The molecular formula is C22H20N2O7S3Si. The van der Waals surface area contributed by atoms with Crippen molar-refractivity contribution >= 4 is 54.0 Å². The number of hydrogen-bond donors (Lipinski definition) is 1. The highest BCUT2D eigenvalue weighted by molar-refractivity contribution is 7.80. The summed E-state index contributed by atoms with van der Waals surface area (Å²) in [6, 6.07) is 14.9. The molecule has 0 bridgehead atoms. The molecule has 1 fully saturated rings. The van der Waals surface area contributed by atoms with E-state index in [0.29, 0.717) is 0 Å². The second kappa shape index (κ2) is 12.0. The Bertz CT molecular complexity index is 1270. The molecule has 182 valence electrons. The number of carbonyl (C=O) groups excluding carboxylic acids is 2. The Morgan fingerprint density at radius 2 is 1.80 bits per heavy atom. The van der Waals surface area contributed by atoms with E-state index in [4.69, 9.17) is 31.3 Å². The van der Waals surface area contributed by atoms with Gasteiger partial charge in [0, 0.05) is 18.0 Å². The van der Waals surface area contributed by atoms with E-state index in [1.54, 1.807) is 34.6 Å². The van der Waals surface area contributed by atoms with Crippen LogP contribution in [0.15, 0.2) is 59.4 Å². The molecule has 1 aromatic heterocycles. The van der Waals surface area contributed by atoms with Gasteiger partial charge in [-0.3, -0.25) is 0 Å². The number of ether oxygens (including phenoxy) is 3. The Morgan fingerprint density at radius 1 is 1.06 bits per heavy atom. The molecule has 0 aliphatic carbocycles. The third kappa shape index (κ3) is 6.94. The zero-order valence-electron chi connectivity index (χ0n) is 18.2. The Kier molecular flexibility index (Phi) is 8.57. The molecule has 35 heavy (non-hydrogen) atoms. The fourth-order valence-electron chi connectivity index (χ4n) is 3.21. The van der Waals surface area contributed by atoms with Crippen molar-refractivity contribution in [3.8, 4) is 21.9 Å². The molecule has 0 spiro atoms. The normalized spacial score (nSPS) is 13.4. The van der Waals surface area contributed by atoms with Gasteiger partial charge < -0.3 is 28.4 Å². The van der Waals surface area contributed by atoms with E-state index >= 15 is 0 Å². The molecule has 0 saturated carbocycles. The van der Waals surface area contributed by atoms with Crippen molar-refractivity contribution < 1.29 is 33.4 Å². The molecule has 9 nitrogen and oxygen atoms in total. The van der Waals surface area contributed by atoms with Gasteiger partial charge in [0.25, 0.3) is 6.79 Å². The topological polar surface area (TPSA) is 107 Å². The van der Waals surface area contributed by atoms with E-state index < -0.39 is 27.9 Å². The molecule has 4 rings (SSSR count). The first-order valence-corrected chi connectivity index (χ1v) is 14.4. The van der Waals surface area contributed by atoms with Crippen LogP contribution >= 0.6 is 32.9 Å². The van der Waals surface area contributed by atoms with Gasteiger partial charge in [0.15, 0.2) is 0 Å². The quantitative estimate of drug-likeness (QED) is 0.0596. The lowest BCUT2D eigenvalue weighted by Gasteiger charge is -2.12. The van der Waals surface area contributed by atoms with Crippen LogP contribution < -0.4 is 9.47 Å². The van der Waals surface area contributed by atoms with Gasteiger partial charge in [-0.2, -0.15) is 0 Å². The Labute approximate surface area is 215 Å². The predicted molar refractivity (Wildman–Crippen MR) is 134 cm³/mol. The van der Waals surface area contributed by atoms with E-state index in [1.807, 2.05) is 22.8 Å². The molecule has 13 heteroatoms. The van der Waals surface area contributed by atoms with Crippen molar-refractivity contribution in [1.82, 2.24) is 4.57 Å². The second-order valence-corrected chi connectivity index (χ2v) is 11.6. The zero-order valence-corrected chi connectivity index (χ0v) is 21.7. The minimum Gasteiger partial charge on any atom is -0.537 e. The van der Waals surface area contributed by atoms with E-state index in [2.05, 4.69) is 4.80 Å². The zero-order chi connectivity index (χ0) is 24.6. The van der Waals surface area contributed by atoms with Gasteiger partial charge >= 0.3 is 21.1 Å². The number of esters is 1. The van der Waals surface area contributed by atoms with Crippen molar-refractivity contribution in [2.75, 3.05) is 19.9 Å². The fraction of sp³-hybridized carbons (Fsp3) is 0.227. The smallest absolute Gasteiger partial charge is 0.527 e. The number of hydrogen-bond acceptors (Lipinski definition) is 10. The molecule has 1 saturated heterocycles. The van der Waals surface area contributed by atoms with Crippen molar-refractivity contribution in [2.24, 2.45) is 4.80 Å². The summed E-state index contributed by atoms with van der Waals surface area (Å²) in [6.07, 6.45) is 1.01. The first-order chi connectivity index (χ1) is 17.0. The van der Waals surface area contributed by atoms with Gasteiger partial charge in [-0.1, -0.05) is 49.8 Å². The maximum absolute atomic E-state index is 12.4. The molecule has 0 unspecified atom stereocenters. The predicted octanol–water partition coefficient (Wildman–Crippen LogP) is 5.17. The molecule has 1 aliphatic heterocycles. The lowest BCUT2D eigenvalue weighted by Crippen LogP contribution is -2.30. The summed E-state index contributed by atoms with van der Waals surface area (Å²) in [5.74, 6) is -0.524. The Balaban J connectivity index is 1.31. The van der Waals surface area contributed by atoms with Crippen molar-refractivity contribution in [3.05, 3.63) is 64.0 Å². The number of nitrogens with zero attached hydrogens (tertiary/aromatic N) is 2. The molecule has 1 N–H and O–H groups in total. The highest BCUT2D eigenvalue weighted by Crippen LogP contribution is 2.30. The molecule has 2 heterocycles. The highest BCUT2D eigenvalue weighted by Gasteiger charge is 2.20.